The molecule has 0 radical (unpaired) electrons. The van der Waals surface area contributed by atoms with Crippen molar-refractivity contribution in [3.63, 3.8) is 0 Å². The van der Waals surface area contributed by atoms with Crippen LogP contribution in [0.5, 0.6) is 0 Å². The monoisotopic (exact) mass is 288 g/mol. The average Bonchev–Trinajstić information content (AvgIpc) is 2.48. The zero-order valence-corrected chi connectivity index (χ0v) is 13.4. The van der Waals surface area contributed by atoms with E-state index in [1.54, 1.807) is 0 Å². The summed E-state index contributed by atoms with van der Waals surface area (Å²) in [7, 11) is 4.13. The van der Waals surface area contributed by atoms with E-state index in [0.29, 0.717) is 6.10 Å². The van der Waals surface area contributed by atoms with Crippen LogP contribution in [0.2, 0.25) is 0 Å². The minimum atomic E-state index is 0.511. The Morgan fingerprint density at radius 1 is 1.14 bits per heavy atom. The van der Waals surface area contributed by atoms with Crippen LogP contribution in [0.1, 0.15) is 25.7 Å². The molecule has 2 aliphatic rings. The molecule has 1 aliphatic heterocycles. The zero-order valence-electron chi connectivity index (χ0n) is 13.4. The van der Waals surface area contributed by atoms with E-state index in [2.05, 4.69) is 47.2 Å². The lowest BCUT2D eigenvalue weighted by Gasteiger charge is -2.43. The van der Waals surface area contributed by atoms with E-state index in [4.69, 9.17) is 4.74 Å². The fourth-order valence-corrected chi connectivity index (χ4v) is 3.66. The summed E-state index contributed by atoms with van der Waals surface area (Å²) in [5.41, 5.74) is 1.38. The summed E-state index contributed by atoms with van der Waals surface area (Å²) in [4.78, 5) is 5.10. The summed E-state index contributed by atoms with van der Waals surface area (Å²) in [5, 5.41) is 0. The smallest absolute Gasteiger partial charge is 0.0601 e. The number of nitrogens with zero attached hydrogens (tertiary/aromatic N) is 2. The first kappa shape index (κ1) is 14.9. The number of methoxy groups -OCH3 is 1. The summed E-state index contributed by atoms with van der Waals surface area (Å²) in [6.45, 7) is 3.66. The summed E-state index contributed by atoms with van der Waals surface area (Å²) < 4.78 is 5.39. The number of rotatable bonds is 5. The first-order valence-electron chi connectivity index (χ1n) is 8.29. The third-order valence-electron chi connectivity index (χ3n) is 5.31. The van der Waals surface area contributed by atoms with Gasteiger partial charge in [0.1, 0.15) is 0 Å². The Morgan fingerprint density at radius 3 is 2.43 bits per heavy atom. The summed E-state index contributed by atoms with van der Waals surface area (Å²) in [5.74, 6) is 0.858. The van der Waals surface area contributed by atoms with E-state index in [0.717, 1.165) is 12.0 Å². The molecular weight excluding hydrogens is 260 g/mol. The molecule has 21 heavy (non-hydrogen) atoms. The maximum absolute atomic E-state index is 5.39. The van der Waals surface area contributed by atoms with E-state index >= 15 is 0 Å². The maximum Gasteiger partial charge on any atom is 0.0601 e. The third kappa shape index (κ3) is 3.58. The normalized spacial score (nSPS) is 26.9. The quantitative estimate of drug-likeness (QED) is 0.828. The van der Waals surface area contributed by atoms with E-state index in [1.807, 2.05) is 7.11 Å². The van der Waals surface area contributed by atoms with Crippen molar-refractivity contribution in [2.45, 2.75) is 37.8 Å². The molecule has 1 saturated carbocycles. The largest absolute Gasteiger partial charge is 0.381 e. The predicted molar refractivity (Wildman–Crippen MR) is 87.8 cm³/mol. The Labute approximate surface area is 128 Å². The molecule has 116 valence electrons. The van der Waals surface area contributed by atoms with Crippen LogP contribution in [0.3, 0.4) is 0 Å². The Hall–Kier alpha value is -1.06. The van der Waals surface area contributed by atoms with Crippen LogP contribution in [0.4, 0.5) is 5.69 Å². The molecule has 0 atom stereocenters. The van der Waals surface area contributed by atoms with Crippen molar-refractivity contribution in [1.82, 2.24) is 4.90 Å². The summed E-state index contributed by atoms with van der Waals surface area (Å²) >= 11 is 0. The van der Waals surface area contributed by atoms with Crippen molar-refractivity contribution in [1.29, 1.82) is 0 Å². The first-order valence-corrected chi connectivity index (χ1v) is 8.29. The number of hydrogen-bond acceptors (Lipinski definition) is 3. The molecule has 3 rings (SSSR count). The highest BCUT2D eigenvalue weighted by molar-refractivity contribution is 5.46. The molecule has 0 spiro atoms. The molecule has 1 aromatic carbocycles. The van der Waals surface area contributed by atoms with Crippen LogP contribution >= 0.6 is 0 Å². The highest BCUT2D eigenvalue weighted by Crippen LogP contribution is 2.29. The Morgan fingerprint density at radius 2 is 1.81 bits per heavy atom. The van der Waals surface area contributed by atoms with Gasteiger partial charge in [-0.2, -0.15) is 0 Å². The second kappa shape index (κ2) is 6.80. The molecule has 0 unspecified atom stereocenters. The lowest BCUT2D eigenvalue weighted by Crippen LogP contribution is -2.48. The van der Waals surface area contributed by atoms with Crippen molar-refractivity contribution in [2.75, 3.05) is 38.7 Å². The predicted octanol–water partition coefficient (Wildman–Crippen LogP) is 3.01. The van der Waals surface area contributed by atoms with Crippen LogP contribution in [0.15, 0.2) is 30.3 Å². The molecule has 3 nitrogen and oxygen atoms in total. The van der Waals surface area contributed by atoms with Crippen molar-refractivity contribution >= 4 is 5.69 Å². The van der Waals surface area contributed by atoms with Gasteiger partial charge in [-0.3, -0.25) is 0 Å². The van der Waals surface area contributed by atoms with E-state index in [-0.39, 0.29) is 0 Å². The zero-order chi connectivity index (χ0) is 14.7. The highest BCUT2D eigenvalue weighted by Gasteiger charge is 2.33. The molecular formula is C18H28N2O. The van der Waals surface area contributed by atoms with Crippen LogP contribution in [0, 0.1) is 5.92 Å². The van der Waals surface area contributed by atoms with Gasteiger partial charge in [0.2, 0.25) is 0 Å². The van der Waals surface area contributed by atoms with Crippen molar-refractivity contribution in [3.8, 4) is 0 Å². The second-order valence-corrected chi connectivity index (χ2v) is 6.69. The fourth-order valence-electron chi connectivity index (χ4n) is 3.66. The Kier molecular flexibility index (Phi) is 4.81. The first-order chi connectivity index (χ1) is 10.3. The van der Waals surface area contributed by atoms with Crippen molar-refractivity contribution < 1.29 is 4.74 Å². The van der Waals surface area contributed by atoms with Crippen molar-refractivity contribution in [3.05, 3.63) is 30.3 Å². The fraction of sp³-hybridized carbons (Fsp3) is 0.667. The number of anilines is 1. The van der Waals surface area contributed by atoms with E-state index in [9.17, 15) is 0 Å². The van der Waals surface area contributed by atoms with Gasteiger partial charge in [-0.05, 0) is 50.8 Å². The number of ether oxygens (including phenoxy) is 1. The van der Waals surface area contributed by atoms with Gasteiger partial charge >= 0.3 is 0 Å². The SMILES string of the molecule is COC1CC(N(C)CC2CCN(c3ccccc3)CC2)C1. The Balaban J connectivity index is 1.42. The van der Waals surface area contributed by atoms with E-state index < -0.39 is 0 Å². The minimum Gasteiger partial charge on any atom is -0.381 e. The molecule has 0 aromatic heterocycles. The minimum absolute atomic E-state index is 0.511. The molecule has 0 amide bonds. The van der Waals surface area contributed by atoms with Crippen LogP contribution < -0.4 is 4.90 Å². The van der Waals surface area contributed by atoms with Gasteiger partial charge in [0.05, 0.1) is 6.10 Å². The highest BCUT2D eigenvalue weighted by atomic mass is 16.5. The molecule has 0 N–H and O–H groups in total. The molecule has 1 saturated heterocycles. The second-order valence-electron chi connectivity index (χ2n) is 6.69. The van der Waals surface area contributed by atoms with Gasteiger partial charge in [0, 0.05) is 38.5 Å². The van der Waals surface area contributed by atoms with Gasteiger partial charge in [0.25, 0.3) is 0 Å². The molecule has 1 aromatic rings. The lowest BCUT2D eigenvalue weighted by atomic mass is 9.86. The molecule has 1 heterocycles. The lowest BCUT2D eigenvalue weighted by molar-refractivity contribution is -0.0238. The number of benzene rings is 1. The van der Waals surface area contributed by atoms with Crippen LogP contribution in [-0.2, 0) is 4.74 Å². The third-order valence-corrected chi connectivity index (χ3v) is 5.31. The maximum atomic E-state index is 5.39. The number of para-hydroxylation sites is 1. The molecule has 2 fully saturated rings. The van der Waals surface area contributed by atoms with Gasteiger partial charge < -0.3 is 14.5 Å². The number of piperidine rings is 1. The van der Waals surface area contributed by atoms with Gasteiger partial charge in [-0.25, -0.2) is 0 Å². The van der Waals surface area contributed by atoms with Crippen LogP contribution in [-0.4, -0.2) is 50.8 Å². The Bertz CT molecular complexity index is 422. The molecule has 1 aliphatic carbocycles. The van der Waals surface area contributed by atoms with Gasteiger partial charge in [-0.1, -0.05) is 18.2 Å². The summed E-state index contributed by atoms with van der Waals surface area (Å²) in [6, 6.07) is 11.6. The standard InChI is InChI=1S/C18H28N2O/c1-19(17-12-18(13-17)21-2)14-15-8-10-20(11-9-15)16-6-4-3-5-7-16/h3-7,15,17-18H,8-14H2,1-2H3. The molecule has 3 heteroatoms. The topological polar surface area (TPSA) is 15.7 Å². The van der Waals surface area contributed by atoms with Gasteiger partial charge in [-0.15, -0.1) is 0 Å². The number of hydrogen-bond donors (Lipinski definition) is 0. The van der Waals surface area contributed by atoms with Crippen molar-refractivity contribution in [2.24, 2.45) is 5.92 Å². The average molecular weight is 288 g/mol. The van der Waals surface area contributed by atoms with E-state index in [1.165, 1.54) is 51.0 Å². The summed E-state index contributed by atoms with van der Waals surface area (Å²) in [6.07, 6.45) is 5.59. The van der Waals surface area contributed by atoms with Gasteiger partial charge in [0.15, 0.2) is 0 Å². The van der Waals surface area contributed by atoms with Crippen LogP contribution in [0.25, 0.3) is 0 Å². The molecule has 0 bridgehead atoms.